The van der Waals surface area contributed by atoms with Crippen LogP contribution in [0.1, 0.15) is 24.2 Å². The summed E-state index contributed by atoms with van der Waals surface area (Å²) in [5.74, 6) is -0.541. The smallest absolute Gasteiger partial charge is 0.330 e. The quantitative estimate of drug-likeness (QED) is 0.641. The second-order valence-corrected chi connectivity index (χ2v) is 6.01. The molecule has 2 atom stereocenters. The van der Waals surface area contributed by atoms with Crippen LogP contribution in [0.5, 0.6) is 0 Å². The van der Waals surface area contributed by atoms with Crippen molar-refractivity contribution in [2.75, 3.05) is 39.1 Å². The highest BCUT2D eigenvalue weighted by Gasteiger charge is 2.28. The standard InChI is InChI=1S/C15H24N4O5/c1-9-8-24-10(2)6-18(9)7-11(20)12-13(16)19(4-5-23-3)15(22)17-14(12)21/h9-10H,4-8,16H2,1-3H3,(H,17,21,22)/t9-,10-/m1/s1. The molecule has 0 amide bonds. The van der Waals surface area contributed by atoms with Crippen molar-refractivity contribution in [3.8, 4) is 0 Å². The number of morpholine rings is 1. The van der Waals surface area contributed by atoms with E-state index in [-0.39, 0.29) is 43.2 Å². The van der Waals surface area contributed by atoms with Gasteiger partial charge >= 0.3 is 5.69 Å². The Balaban J connectivity index is 2.28. The molecule has 0 aromatic carbocycles. The Labute approximate surface area is 139 Å². The predicted octanol–water partition coefficient (Wildman–Crippen LogP) is -0.943. The number of nitrogens with zero attached hydrogens (tertiary/aromatic N) is 2. The third-order valence-electron chi connectivity index (χ3n) is 4.12. The van der Waals surface area contributed by atoms with E-state index in [1.807, 2.05) is 18.7 Å². The number of nitrogen functional groups attached to an aromatic ring is 1. The van der Waals surface area contributed by atoms with Crippen LogP contribution in [0.2, 0.25) is 0 Å². The monoisotopic (exact) mass is 340 g/mol. The van der Waals surface area contributed by atoms with E-state index >= 15 is 0 Å². The van der Waals surface area contributed by atoms with Crippen molar-refractivity contribution in [3.63, 3.8) is 0 Å². The fourth-order valence-electron chi connectivity index (χ4n) is 2.72. The van der Waals surface area contributed by atoms with Gasteiger partial charge in [-0.05, 0) is 13.8 Å². The molecule has 1 aliphatic rings. The van der Waals surface area contributed by atoms with Gasteiger partial charge in [-0.25, -0.2) is 4.79 Å². The minimum absolute atomic E-state index is 0.0142. The number of nitrogens with one attached hydrogen (secondary N) is 1. The molecule has 3 N–H and O–H groups in total. The van der Waals surface area contributed by atoms with Gasteiger partial charge in [-0.15, -0.1) is 0 Å². The number of methoxy groups -OCH3 is 1. The highest BCUT2D eigenvalue weighted by atomic mass is 16.5. The second-order valence-electron chi connectivity index (χ2n) is 6.01. The van der Waals surface area contributed by atoms with E-state index in [0.29, 0.717) is 13.2 Å². The van der Waals surface area contributed by atoms with Gasteiger partial charge in [0.15, 0.2) is 5.78 Å². The molecule has 0 spiro atoms. The molecule has 24 heavy (non-hydrogen) atoms. The van der Waals surface area contributed by atoms with Crippen molar-refractivity contribution in [2.45, 2.75) is 32.5 Å². The van der Waals surface area contributed by atoms with Gasteiger partial charge < -0.3 is 15.2 Å². The first-order valence-corrected chi connectivity index (χ1v) is 7.85. The van der Waals surface area contributed by atoms with Gasteiger partial charge in [0.25, 0.3) is 5.56 Å². The van der Waals surface area contributed by atoms with Crippen LogP contribution in [0.15, 0.2) is 9.59 Å². The number of ketones is 1. The normalized spacial score (nSPS) is 21.8. The molecule has 0 unspecified atom stereocenters. The lowest BCUT2D eigenvalue weighted by atomic mass is 10.1. The van der Waals surface area contributed by atoms with E-state index in [2.05, 4.69) is 4.98 Å². The minimum Gasteiger partial charge on any atom is -0.384 e. The number of hydrogen-bond donors (Lipinski definition) is 2. The summed E-state index contributed by atoms with van der Waals surface area (Å²) in [6.45, 7) is 5.43. The van der Waals surface area contributed by atoms with Crippen molar-refractivity contribution in [1.82, 2.24) is 14.5 Å². The van der Waals surface area contributed by atoms with Crippen LogP contribution in [0.4, 0.5) is 5.82 Å². The first-order chi connectivity index (χ1) is 11.3. The molecule has 2 heterocycles. The van der Waals surface area contributed by atoms with Gasteiger partial charge in [0.2, 0.25) is 0 Å². The summed E-state index contributed by atoms with van der Waals surface area (Å²) in [5, 5.41) is 0. The highest BCUT2D eigenvalue weighted by Crippen LogP contribution is 2.13. The molecule has 1 saturated heterocycles. The van der Waals surface area contributed by atoms with Crippen molar-refractivity contribution in [1.29, 1.82) is 0 Å². The number of carbonyl (C=O) groups excluding carboxylic acids is 1. The van der Waals surface area contributed by atoms with Gasteiger partial charge in [0.05, 0.1) is 32.4 Å². The van der Waals surface area contributed by atoms with Crippen LogP contribution in [0.25, 0.3) is 0 Å². The van der Waals surface area contributed by atoms with Gasteiger partial charge in [0, 0.05) is 19.7 Å². The van der Waals surface area contributed by atoms with Crippen LogP contribution in [-0.2, 0) is 16.0 Å². The van der Waals surface area contributed by atoms with E-state index in [1.165, 1.54) is 7.11 Å². The Morgan fingerprint density at radius 2 is 2.12 bits per heavy atom. The topological polar surface area (TPSA) is 120 Å². The van der Waals surface area contributed by atoms with E-state index in [1.54, 1.807) is 0 Å². The van der Waals surface area contributed by atoms with Crippen LogP contribution in [0, 0.1) is 0 Å². The maximum absolute atomic E-state index is 12.6. The number of nitrogens with two attached hydrogens (primary N) is 1. The Kier molecular flexibility index (Phi) is 5.92. The number of anilines is 1. The van der Waals surface area contributed by atoms with Gasteiger partial charge in [-0.3, -0.25) is 24.0 Å². The zero-order chi connectivity index (χ0) is 17.9. The van der Waals surface area contributed by atoms with E-state index in [4.69, 9.17) is 15.2 Å². The van der Waals surface area contributed by atoms with Gasteiger partial charge in [-0.1, -0.05) is 0 Å². The average Bonchev–Trinajstić information content (AvgIpc) is 2.50. The average molecular weight is 340 g/mol. The Bertz CT molecular complexity index is 711. The number of aromatic nitrogens is 2. The SMILES string of the molecule is COCCn1c(N)c(C(=O)CN2C[C@@H](C)OC[C@H]2C)c(=O)[nH]c1=O. The molecule has 0 aliphatic carbocycles. The summed E-state index contributed by atoms with van der Waals surface area (Å²) in [6.07, 6.45) is 0.0142. The molecule has 0 bridgehead atoms. The minimum atomic E-state index is -0.759. The number of ether oxygens (including phenoxy) is 2. The Morgan fingerprint density at radius 3 is 2.79 bits per heavy atom. The maximum atomic E-state index is 12.6. The van der Waals surface area contributed by atoms with Crippen molar-refractivity contribution in [2.24, 2.45) is 0 Å². The molecule has 0 saturated carbocycles. The highest BCUT2D eigenvalue weighted by molar-refractivity contribution is 6.01. The molecular formula is C15H24N4O5. The van der Waals surface area contributed by atoms with Crippen LogP contribution >= 0.6 is 0 Å². The van der Waals surface area contributed by atoms with Crippen LogP contribution < -0.4 is 17.0 Å². The first kappa shape index (κ1) is 18.4. The molecule has 0 radical (unpaired) electrons. The number of rotatable bonds is 6. The lowest BCUT2D eigenvalue weighted by Gasteiger charge is -2.36. The number of hydrogen-bond acceptors (Lipinski definition) is 7. The third kappa shape index (κ3) is 3.92. The molecule has 2 rings (SSSR count). The van der Waals surface area contributed by atoms with Crippen molar-refractivity contribution >= 4 is 11.6 Å². The zero-order valence-corrected chi connectivity index (χ0v) is 14.2. The number of aromatic amines is 1. The molecular weight excluding hydrogens is 316 g/mol. The van der Waals surface area contributed by atoms with E-state index < -0.39 is 17.0 Å². The summed E-state index contributed by atoms with van der Waals surface area (Å²) in [7, 11) is 1.49. The lowest BCUT2D eigenvalue weighted by Crippen LogP contribution is -2.50. The molecule has 9 nitrogen and oxygen atoms in total. The molecule has 1 aliphatic heterocycles. The number of carbonyl (C=O) groups is 1. The first-order valence-electron chi connectivity index (χ1n) is 7.85. The van der Waals surface area contributed by atoms with Crippen LogP contribution in [0.3, 0.4) is 0 Å². The van der Waals surface area contributed by atoms with Gasteiger partial charge in [0.1, 0.15) is 11.4 Å². The van der Waals surface area contributed by atoms with Crippen molar-refractivity contribution < 1.29 is 14.3 Å². The zero-order valence-electron chi connectivity index (χ0n) is 14.2. The lowest BCUT2D eigenvalue weighted by molar-refractivity contribution is -0.0460. The molecule has 9 heteroatoms. The number of Topliss-reactive ketones (excluding diaryl/α,β-unsaturated/α-hetero) is 1. The second kappa shape index (κ2) is 7.73. The largest absolute Gasteiger partial charge is 0.384 e. The molecule has 134 valence electrons. The summed E-state index contributed by atoms with van der Waals surface area (Å²) in [5.41, 5.74) is 4.32. The van der Waals surface area contributed by atoms with Gasteiger partial charge in [-0.2, -0.15) is 0 Å². The Hall–Kier alpha value is -1.97. The van der Waals surface area contributed by atoms with Crippen molar-refractivity contribution in [3.05, 3.63) is 26.4 Å². The summed E-state index contributed by atoms with van der Waals surface area (Å²) < 4.78 is 11.6. The van der Waals surface area contributed by atoms with E-state index in [9.17, 15) is 14.4 Å². The van der Waals surface area contributed by atoms with Crippen LogP contribution in [-0.4, -0.2) is 65.8 Å². The molecule has 1 aromatic rings. The Morgan fingerprint density at radius 1 is 1.42 bits per heavy atom. The predicted molar refractivity (Wildman–Crippen MR) is 88.4 cm³/mol. The fraction of sp³-hybridized carbons (Fsp3) is 0.667. The van der Waals surface area contributed by atoms with E-state index in [0.717, 1.165) is 4.57 Å². The molecule has 1 fully saturated rings. The summed E-state index contributed by atoms with van der Waals surface area (Å²) >= 11 is 0. The maximum Gasteiger partial charge on any atom is 0.330 e. The summed E-state index contributed by atoms with van der Waals surface area (Å²) in [4.78, 5) is 40.6. The number of H-pyrrole nitrogens is 1. The third-order valence-corrected chi connectivity index (χ3v) is 4.12. The molecule has 1 aromatic heterocycles. The summed E-state index contributed by atoms with van der Waals surface area (Å²) in [6, 6.07) is 0.0600. The fourth-order valence-corrected chi connectivity index (χ4v) is 2.72.